The lowest BCUT2D eigenvalue weighted by Gasteiger charge is -2.26. The predicted octanol–water partition coefficient (Wildman–Crippen LogP) is 3.64. The van der Waals surface area contributed by atoms with Crippen LogP contribution in [0.5, 0.6) is 5.75 Å². The lowest BCUT2D eigenvalue weighted by atomic mass is 9.87. The van der Waals surface area contributed by atoms with E-state index in [0.717, 1.165) is 42.1 Å². The Morgan fingerprint density at radius 2 is 1.86 bits per heavy atom. The molecular formula is C21H23N3O3S. The molecule has 6 nitrogen and oxygen atoms in total. The number of hydrogen-bond donors (Lipinski definition) is 1. The number of amides is 3. The van der Waals surface area contributed by atoms with Gasteiger partial charge in [0.05, 0.1) is 12.2 Å². The van der Waals surface area contributed by atoms with Crippen molar-refractivity contribution in [2.24, 2.45) is 11.8 Å². The summed E-state index contributed by atoms with van der Waals surface area (Å²) >= 11 is 1.49. The standard InChI is InChI=1S/C21H23N3O3S/c1-13-2-8-17(9-3-13)27-11-18-22-16(12-28-18)10-24-19(25)21(14-4-5-14,15-6-7-15)23-20(24)26/h2-3,8-9,12,14-15H,4-7,10-11H2,1H3,(H,23,26). The van der Waals surface area contributed by atoms with Crippen LogP contribution in [-0.4, -0.2) is 27.4 Å². The van der Waals surface area contributed by atoms with Gasteiger partial charge in [-0.25, -0.2) is 9.78 Å². The number of nitrogens with zero attached hydrogens (tertiary/aromatic N) is 2. The molecule has 2 heterocycles. The smallest absolute Gasteiger partial charge is 0.325 e. The van der Waals surface area contributed by atoms with Crippen molar-refractivity contribution in [3.8, 4) is 5.75 Å². The molecule has 0 atom stereocenters. The topological polar surface area (TPSA) is 71.5 Å². The van der Waals surface area contributed by atoms with Gasteiger partial charge in [0.2, 0.25) is 0 Å². The van der Waals surface area contributed by atoms with E-state index in [1.807, 2.05) is 36.6 Å². The van der Waals surface area contributed by atoms with Crippen LogP contribution in [0, 0.1) is 18.8 Å². The number of rotatable bonds is 7. The molecule has 28 heavy (non-hydrogen) atoms. The van der Waals surface area contributed by atoms with E-state index in [-0.39, 0.29) is 18.5 Å². The Morgan fingerprint density at radius 3 is 2.50 bits per heavy atom. The van der Waals surface area contributed by atoms with E-state index >= 15 is 0 Å². The molecule has 146 valence electrons. The quantitative estimate of drug-likeness (QED) is 0.724. The van der Waals surface area contributed by atoms with Crippen molar-refractivity contribution >= 4 is 23.3 Å². The highest BCUT2D eigenvalue weighted by molar-refractivity contribution is 7.09. The average Bonchev–Trinajstić information content (AvgIpc) is 3.61. The SMILES string of the molecule is Cc1ccc(OCc2nc(CN3C(=O)NC(C4CC4)(C4CC4)C3=O)cs2)cc1. The Balaban J connectivity index is 1.25. The average molecular weight is 398 g/mol. The third-order valence-corrected chi connectivity index (χ3v) is 6.77. The van der Waals surface area contributed by atoms with Crippen LogP contribution in [0.3, 0.4) is 0 Å². The molecule has 1 aromatic heterocycles. The summed E-state index contributed by atoms with van der Waals surface area (Å²) in [6, 6.07) is 7.62. The maximum absolute atomic E-state index is 13.1. The minimum atomic E-state index is -0.634. The summed E-state index contributed by atoms with van der Waals surface area (Å²) in [5, 5.41) is 5.79. The molecule has 3 aliphatic rings. The molecule has 0 radical (unpaired) electrons. The molecule has 2 aromatic rings. The number of ether oxygens (including phenoxy) is 1. The fraction of sp³-hybridized carbons (Fsp3) is 0.476. The summed E-state index contributed by atoms with van der Waals surface area (Å²) in [4.78, 5) is 31.6. The van der Waals surface area contributed by atoms with Crippen molar-refractivity contribution in [3.05, 3.63) is 45.9 Å². The van der Waals surface area contributed by atoms with Crippen molar-refractivity contribution in [1.29, 1.82) is 0 Å². The monoisotopic (exact) mass is 397 g/mol. The number of hydrogen-bond acceptors (Lipinski definition) is 5. The Morgan fingerprint density at radius 1 is 1.18 bits per heavy atom. The molecule has 1 saturated heterocycles. The van der Waals surface area contributed by atoms with Crippen LogP contribution in [0.2, 0.25) is 0 Å². The Hall–Kier alpha value is -2.41. The van der Waals surface area contributed by atoms with E-state index in [1.165, 1.54) is 21.8 Å². The lowest BCUT2D eigenvalue weighted by molar-refractivity contribution is -0.133. The maximum Gasteiger partial charge on any atom is 0.325 e. The number of benzene rings is 1. The zero-order chi connectivity index (χ0) is 19.3. The van der Waals surface area contributed by atoms with E-state index in [0.29, 0.717) is 18.4 Å². The number of aryl methyl sites for hydroxylation is 1. The molecule has 7 heteroatoms. The van der Waals surface area contributed by atoms with Crippen molar-refractivity contribution < 1.29 is 14.3 Å². The largest absolute Gasteiger partial charge is 0.486 e. The zero-order valence-electron chi connectivity index (χ0n) is 15.8. The van der Waals surface area contributed by atoms with Gasteiger partial charge in [0, 0.05) is 5.38 Å². The molecule has 1 aromatic carbocycles. The summed E-state index contributed by atoms with van der Waals surface area (Å²) in [5.41, 5.74) is 1.29. The minimum Gasteiger partial charge on any atom is -0.486 e. The van der Waals surface area contributed by atoms with Gasteiger partial charge in [-0.1, -0.05) is 17.7 Å². The normalized spacial score (nSPS) is 21.1. The first kappa shape index (κ1) is 17.7. The Labute approximate surface area is 167 Å². The van der Waals surface area contributed by atoms with Crippen LogP contribution in [0.1, 0.15) is 41.9 Å². The van der Waals surface area contributed by atoms with Crippen LogP contribution in [0.4, 0.5) is 4.79 Å². The fourth-order valence-electron chi connectivity index (χ4n) is 4.15. The molecule has 3 fully saturated rings. The molecule has 0 spiro atoms. The van der Waals surface area contributed by atoms with Gasteiger partial charge in [-0.2, -0.15) is 0 Å². The highest BCUT2D eigenvalue weighted by atomic mass is 32.1. The molecule has 1 aliphatic heterocycles. The first-order valence-electron chi connectivity index (χ1n) is 9.83. The number of imide groups is 1. The number of nitrogens with one attached hydrogen (secondary N) is 1. The molecule has 3 amide bonds. The van der Waals surface area contributed by atoms with Gasteiger partial charge >= 0.3 is 6.03 Å². The second-order valence-corrected chi connectivity index (χ2v) is 9.02. The van der Waals surface area contributed by atoms with Crippen LogP contribution in [0.25, 0.3) is 0 Å². The molecule has 2 saturated carbocycles. The van der Waals surface area contributed by atoms with Gasteiger partial charge < -0.3 is 10.1 Å². The maximum atomic E-state index is 13.1. The Bertz CT molecular complexity index is 903. The van der Waals surface area contributed by atoms with Gasteiger partial charge in [0.15, 0.2) is 0 Å². The third kappa shape index (κ3) is 3.07. The van der Waals surface area contributed by atoms with Crippen molar-refractivity contribution in [2.45, 2.75) is 51.3 Å². The van der Waals surface area contributed by atoms with Crippen LogP contribution in [-0.2, 0) is 17.9 Å². The van der Waals surface area contributed by atoms with Gasteiger partial charge in [0.25, 0.3) is 5.91 Å². The van der Waals surface area contributed by atoms with Gasteiger partial charge in [-0.3, -0.25) is 9.69 Å². The molecule has 0 unspecified atom stereocenters. The van der Waals surface area contributed by atoms with Crippen molar-refractivity contribution in [3.63, 3.8) is 0 Å². The number of carbonyl (C=O) groups excluding carboxylic acids is 2. The number of thiazole rings is 1. The van der Waals surface area contributed by atoms with Crippen molar-refractivity contribution in [2.75, 3.05) is 0 Å². The van der Waals surface area contributed by atoms with E-state index < -0.39 is 5.54 Å². The summed E-state index contributed by atoms with van der Waals surface area (Å²) in [5.74, 6) is 1.38. The summed E-state index contributed by atoms with van der Waals surface area (Å²) in [7, 11) is 0. The summed E-state index contributed by atoms with van der Waals surface area (Å²) < 4.78 is 5.77. The van der Waals surface area contributed by atoms with Gasteiger partial charge in [0.1, 0.15) is 22.9 Å². The number of aromatic nitrogens is 1. The first-order valence-corrected chi connectivity index (χ1v) is 10.7. The van der Waals surface area contributed by atoms with Crippen LogP contribution < -0.4 is 10.1 Å². The molecule has 0 bridgehead atoms. The van der Waals surface area contributed by atoms with Crippen LogP contribution >= 0.6 is 11.3 Å². The highest BCUT2D eigenvalue weighted by Gasteiger charge is 2.65. The second-order valence-electron chi connectivity index (χ2n) is 8.07. The summed E-state index contributed by atoms with van der Waals surface area (Å²) in [6.07, 6.45) is 4.14. The second kappa shape index (κ2) is 6.58. The lowest BCUT2D eigenvalue weighted by Crippen LogP contribution is -2.51. The zero-order valence-corrected chi connectivity index (χ0v) is 16.6. The molecule has 5 rings (SSSR count). The summed E-state index contributed by atoms with van der Waals surface area (Å²) in [6.45, 7) is 2.64. The molecule has 1 N–H and O–H groups in total. The van der Waals surface area contributed by atoms with Gasteiger partial charge in [-0.05, 0) is 56.6 Å². The van der Waals surface area contributed by atoms with Crippen LogP contribution in [0.15, 0.2) is 29.6 Å². The number of carbonyl (C=O) groups is 2. The number of urea groups is 1. The van der Waals surface area contributed by atoms with Gasteiger partial charge in [-0.15, -0.1) is 11.3 Å². The molecular weight excluding hydrogens is 374 g/mol. The van der Waals surface area contributed by atoms with E-state index in [9.17, 15) is 9.59 Å². The fourth-order valence-corrected chi connectivity index (χ4v) is 4.85. The van der Waals surface area contributed by atoms with E-state index in [1.54, 1.807) is 0 Å². The van der Waals surface area contributed by atoms with E-state index in [4.69, 9.17) is 4.74 Å². The predicted molar refractivity (Wildman–Crippen MR) is 105 cm³/mol. The third-order valence-electron chi connectivity index (χ3n) is 5.90. The first-order chi connectivity index (χ1) is 13.6. The molecule has 2 aliphatic carbocycles. The highest BCUT2D eigenvalue weighted by Crippen LogP contribution is 2.54. The van der Waals surface area contributed by atoms with Crippen molar-refractivity contribution in [1.82, 2.24) is 15.2 Å². The minimum absolute atomic E-state index is 0.0482. The Kier molecular flexibility index (Phi) is 4.16. The van der Waals surface area contributed by atoms with E-state index in [2.05, 4.69) is 10.3 Å².